The summed E-state index contributed by atoms with van der Waals surface area (Å²) in [4.78, 5) is 17.0. The zero-order valence-electron chi connectivity index (χ0n) is 15.6. The molecule has 0 unspecified atom stereocenters. The number of nitrogens with zero attached hydrogens (tertiary/aromatic N) is 2. The average molecular weight is 348 g/mol. The van der Waals surface area contributed by atoms with Crippen molar-refractivity contribution in [1.29, 1.82) is 0 Å². The Kier molecular flexibility index (Phi) is 4.19. The second-order valence-electron chi connectivity index (χ2n) is 7.12. The highest BCUT2D eigenvalue weighted by molar-refractivity contribution is 5.91. The van der Waals surface area contributed by atoms with Gasteiger partial charge in [-0.15, -0.1) is 0 Å². The van der Waals surface area contributed by atoms with Crippen molar-refractivity contribution in [2.24, 2.45) is 0 Å². The van der Waals surface area contributed by atoms with E-state index in [0.717, 1.165) is 18.8 Å². The van der Waals surface area contributed by atoms with Gasteiger partial charge in [0.05, 0.1) is 18.7 Å². The van der Waals surface area contributed by atoms with E-state index in [1.807, 2.05) is 13.1 Å². The van der Waals surface area contributed by atoms with E-state index in [1.54, 1.807) is 0 Å². The molecule has 3 aliphatic rings. The van der Waals surface area contributed by atoms with E-state index in [0.29, 0.717) is 18.7 Å². The summed E-state index contributed by atoms with van der Waals surface area (Å²) in [5.41, 5.74) is 8.14. The average Bonchev–Trinajstić information content (AvgIpc) is 2.56. The molecular formula is C22H24N2O2. The number of anilines is 2. The normalized spacial score (nSPS) is 17.4. The summed E-state index contributed by atoms with van der Waals surface area (Å²) >= 11 is 0. The predicted octanol–water partition coefficient (Wildman–Crippen LogP) is 4.09. The smallest absolute Gasteiger partial charge is 0.337 e. The van der Waals surface area contributed by atoms with Crippen LogP contribution in [0.2, 0.25) is 0 Å². The lowest BCUT2D eigenvalue weighted by Crippen LogP contribution is -2.36. The molecule has 0 amide bonds. The lowest BCUT2D eigenvalue weighted by Gasteiger charge is -2.38. The highest BCUT2D eigenvalue weighted by Crippen LogP contribution is 2.36. The van der Waals surface area contributed by atoms with Gasteiger partial charge in [0.1, 0.15) is 0 Å². The van der Waals surface area contributed by atoms with Crippen molar-refractivity contribution in [1.82, 2.24) is 0 Å². The minimum absolute atomic E-state index is 0.228. The molecule has 3 heterocycles. The molecule has 0 radical (unpaired) electrons. The van der Waals surface area contributed by atoms with Gasteiger partial charge in [0.2, 0.25) is 0 Å². The van der Waals surface area contributed by atoms with E-state index >= 15 is 0 Å². The fourth-order valence-electron chi connectivity index (χ4n) is 3.86. The number of fused-ring (bicyclic) bond motifs is 1. The Hall–Kier alpha value is -2.75. The summed E-state index contributed by atoms with van der Waals surface area (Å²) in [6.45, 7) is 8.56. The van der Waals surface area contributed by atoms with Gasteiger partial charge in [-0.3, -0.25) is 0 Å². The molecule has 0 atom stereocenters. The van der Waals surface area contributed by atoms with E-state index in [-0.39, 0.29) is 5.97 Å². The highest BCUT2D eigenvalue weighted by Gasteiger charge is 2.27. The van der Waals surface area contributed by atoms with E-state index in [9.17, 15) is 4.79 Å². The quantitative estimate of drug-likeness (QED) is 0.765. The number of esters is 1. The van der Waals surface area contributed by atoms with Gasteiger partial charge >= 0.3 is 5.97 Å². The van der Waals surface area contributed by atoms with Crippen LogP contribution in [0, 0.1) is 13.8 Å². The molecule has 26 heavy (non-hydrogen) atoms. The van der Waals surface area contributed by atoms with Crippen LogP contribution in [0.5, 0.6) is 0 Å². The molecular weight excluding hydrogens is 324 g/mol. The molecule has 134 valence electrons. The highest BCUT2D eigenvalue weighted by atomic mass is 16.5. The van der Waals surface area contributed by atoms with Gasteiger partial charge in [0, 0.05) is 30.7 Å². The minimum atomic E-state index is -0.228. The summed E-state index contributed by atoms with van der Waals surface area (Å²) in [6, 6.07) is 13.1. The molecule has 0 fully saturated rings. The van der Waals surface area contributed by atoms with E-state index < -0.39 is 0 Å². The van der Waals surface area contributed by atoms with Gasteiger partial charge in [-0.25, -0.2) is 4.79 Å². The molecule has 2 aromatic rings. The van der Waals surface area contributed by atoms with E-state index in [4.69, 9.17) is 4.74 Å². The Morgan fingerprint density at radius 1 is 0.962 bits per heavy atom. The van der Waals surface area contributed by atoms with Crippen molar-refractivity contribution in [3.63, 3.8) is 0 Å². The number of ether oxygens (including phenoxy) is 1. The van der Waals surface area contributed by atoms with Crippen molar-refractivity contribution in [2.75, 3.05) is 23.0 Å². The number of aryl methyl sites for hydroxylation is 2. The van der Waals surface area contributed by atoms with E-state index in [1.165, 1.54) is 27.9 Å². The van der Waals surface area contributed by atoms with Crippen molar-refractivity contribution in [2.45, 2.75) is 33.9 Å². The molecule has 2 aromatic carbocycles. The van der Waals surface area contributed by atoms with Crippen LogP contribution in [0.15, 0.2) is 48.2 Å². The third-order valence-corrected chi connectivity index (χ3v) is 5.03. The minimum Gasteiger partial charge on any atom is -0.463 e. The molecule has 0 spiro atoms. The van der Waals surface area contributed by atoms with Crippen LogP contribution >= 0.6 is 0 Å². The summed E-state index contributed by atoms with van der Waals surface area (Å²) < 4.78 is 5.30. The van der Waals surface area contributed by atoms with Crippen LogP contribution in [0.4, 0.5) is 11.4 Å². The lowest BCUT2D eigenvalue weighted by atomic mass is 9.99. The molecule has 4 heteroatoms. The maximum Gasteiger partial charge on any atom is 0.337 e. The predicted molar refractivity (Wildman–Crippen MR) is 104 cm³/mol. The second kappa shape index (κ2) is 6.52. The number of benzene rings is 2. The zero-order chi connectivity index (χ0) is 18.3. The third-order valence-electron chi connectivity index (χ3n) is 5.03. The number of carbonyl (C=O) groups excluding carboxylic acids is 1. The molecule has 3 aliphatic heterocycles. The summed E-state index contributed by atoms with van der Waals surface area (Å²) in [5.74, 6) is -0.228. The maximum atomic E-state index is 12.5. The molecule has 0 saturated heterocycles. The van der Waals surface area contributed by atoms with Gasteiger partial charge in [-0.05, 0) is 44.0 Å². The molecule has 0 N–H and O–H groups in total. The summed E-state index contributed by atoms with van der Waals surface area (Å²) in [6.07, 6.45) is 1.98. The van der Waals surface area contributed by atoms with Crippen LogP contribution in [-0.4, -0.2) is 19.1 Å². The molecule has 4 nitrogen and oxygen atoms in total. The maximum absolute atomic E-state index is 12.5. The Labute approximate surface area is 154 Å². The SMILES string of the molecule is CCOC(=O)/C1=C/N2Cc3cc(C)ccc3N(C1)Cc1cc(C)ccc12. The summed E-state index contributed by atoms with van der Waals surface area (Å²) in [7, 11) is 0. The van der Waals surface area contributed by atoms with Crippen LogP contribution < -0.4 is 9.80 Å². The van der Waals surface area contributed by atoms with Crippen molar-refractivity contribution in [3.8, 4) is 0 Å². The number of rotatable bonds is 2. The van der Waals surface area contributed by atoms with Gasteiger partial charge in [0.15, 0.2) is 0 Å². The Bertz CT molecular complexity index is 901. The topological polar surface area (TPSA) is 32.8 Å². The number of hydrogen-bond acceptors (Lipinski definition) is 4. The Morgan fingerprint density at radius 2 is 1.62 bits per heavy atom. The largest absolute Gasteiger partial charge is 0.463 e. The number of hydrogen-bond donors (Lipinski definition) is 0. The van der Waals surface area contributed by atoms with Crippen LogP contribution in [0.3, 0.4) is 0 Å². The standard InChI is InChI=1S/C22H24N2O2/c1-4-26-22(25)19-13-23-11-17-9-15(2)5-7-20(17)24(14-19)12-18-10-16(3)6-8-21(18)23/h5-10,13H,4,11-12,14H2,1-3H3/b19-13+. The Morgan fingerprint density at radius 3 is 2.31 bits per heavy atom. The first-order valence-electron chi connectivity index (χ1n) is 9.13. The fraction of sp³-hybridized carbons (Fsp3) is 0.318. The zero-order valence-corrected chi connectivity index (χ0v) is 15.6. The van der Waals surface area contributed by atoms with Crippen molar-refractivity contribution in [3.05, 3.63) is 70.4 Å². The molecule has 5 rings (SSSR count). The molecule has 0 saturated carbocycles. The van der Waals surface area contributed by atoms with Crippen LogP contribution in [0.25, 0.3) is 0 Å². The van der Waals surface area contributed by atoms with Crippen molar-refractivity contribution < 1.29 is 9.53 Å². The summed E-state index contributed by atoms with van der Waals surface area (Å²) in [5, 5.41) is 0. The first-order valence-corrected chi connectivity index (χ1v) is 9.13. The van der Waals surface area contributed by atoms with Gasteiger partial charge in [-0.2, -0.15) is 0 Å². The van der Waals surface area contributed by atoms with Crippen molar-refractivity contribution >= 4 is 17.3 Å². The number of carbonyl (C=O) groups is 1. The molecule has 2 bridgehead atoms. The molecule has 0 aliphatic carbocycles. The monoisotopic (exact) mass is 348 g/mol. The fourth-order valence-corrected chi connectivity index (χ4v) is 3.86. The van der Waals surface area contributed by atoms with Gasteiger partial charge in [0.25, 0.3) is 0 Å². The lowest BCUT2D eigenvalue weighted by molar-refractivity contribution is -0.138. The Balaban J connectivity index is 1.88. The van der Waals surface area contributed by atoms with Gasteiger partial charge < -0.3 is 14.5 Å². The van der Waals surface area contributed by atoms with Gasteiger partial charge in [-0.1, -0.05) is 35.4 Å². The van der Waals surface area contributed by atoms with E-state index in [2.05, 4.69) is 60.0 Å². The first-order chi connectivity index (χ1) is 12.5. The first kappa shape index (κ1) is 16.7. The third kappa shape index (κ3) is 2.96. The van der Waals surface area contributed by atoms with Crippen LogP contribution in [-0.2, 0) is 22.6 Å². The second-order valence-corrected chi connectivity index (χ2v) is 7.12. The van der Waals surface area contributed by atoms with Crippen LogP contribution in [0.1, 0.15) is 29.2 Å². The molecule has 0 aromatic heterocycles.